The van der Waals surface area contributed by atoms with Crippen LogP contribution in [0.1, 0.15) is 26.3 Å². The zero-order valence-corrected chi connectivity index (χ0v) is 17.4. The van der Waals surface area contributed by atoms with E-state index in [1.807, 2.05) is 37.3 Å². The highest BCUT2D eigenvalue weighted by Gasteiger charge is 2.32. The number of esters is 1. The third kappa shape index (κ3) is 4.97. The summed E-state index contributed by atoms with van der Waals surface area (Å²) >= 11 is 0. The molecule has 158 valence electrons. The van der Waals surface area contributed by atoms with E-state index in [1.54, 1.807) is 43.0 Å². The van der Waals surface area contributed by atoms with E-state index < -0.39 is 18.0 Å². The Balaban J connectivity index is 1.57. The third-order valence-electron chi connectivity index (χ3n) is 5.05. The molecule has 0 spiro atoms. The number of ether oxygens (including phenoxy) is 1. The number of rotatable bonds is 6. The summed E-state index contributed by atoms with van der Waals surface area (Å²) in [6, 6.07) is 15.3. The quantitative estimate of drug-likeness (QED) is 0.716. The fourth-order valence-corrected chi connectivity index (χ4v) is 3.57. The summed E-state index contributed by atoms with van der Waals surface area (Å²) in [7, 11) is 0. The van der Waals surface area contributed by atoms with Gasteiger partial charge in [-0.1, -0.05) is 50.2 Å². The summed E-state index contributed by atoms with van der Waals surface area (Å²) in [6.45, 7) is 5.19. The second kappa shape index (κ2) is 9.43. The van der Waals surface area contributed by atoms with Gasteiger partial charge in [0.2, 0.25) is 0 Å². The molecular weight excluding hydrogens is 382 g/mol. The standard InChI is InChI=1S/C23H27N3O4/c1-15(2)21(25-23(29)24-18-10-5-4-6-11-18)22(28)30-14-20(27)26-16(3)13-17-9-7-8-12-19(17)26/h4-12,15-16,21H,13-14H2,1-3H3,(H2,24,25,29)/t16-,21-/m1/s1. The molecule has 1 aliphatic heterocycles. The van der Waals surface area contributed by atoms with Crippen molar-refractivity contribution in [3.8, 4) is 0 Å². The Morgan fingerprint density at radius 3 is 2.43 bits per heavy atom. The Hall–Kier alpha value is -3.35. The number of hydrogen-bond donors (Lipinski definition) is 2. The second-order valence-electron chi connectivity index (χ2n) is 7.74. The Morgan fingerprint density at radius 2 is 1.73 bits per heavy atom. The van der Waals surface area contributed by atoms with Crippen molar-refractivity contribution in [2.75, 3.05) is 16.8 Å². The first-order valence-corrected chi connectivity index (χ1v) is 10.1. The van der Waals surface area contributed by atoms with Crippen molar-refractivity contribution >= 4 is 29.3 Å². The minimum Gasteiger partial charge on any atom is -0.454 e. The molecule has 1 heterocycles. The number of benzene rings is 2. The molecule has 0 bridgehead atoms. The Morgan fingerprint density at radius 1 is 1.07 bits per heavy atom. The van der Waals surface area contributed by atoms with Crippen LogP contribution in [-0.2, 0) is 20.7 Å². The van der Waals surface area contributed by atoms with Gasteiger partial charge < -0.3 is 20.3 Å². The molecule has 0 fully saturated rings. The number of nitrogens with one attached hydrogen (secondary N) is 2. The monoisotopic (exact) mass is 409 g/mol. The Bertz CT molecular complexity index is 914. The maximum absolute atomic E-state index is 12.7. The van der Waals surface area contributed by atoms with Crippen LogP contribution < -0.4 is 15.5 Å². The van der Waals surface area contributed by atoms with Crippen molar-refractivity contribution in [2.45, 2.75) is 39.3 Å². The van der Waals surface area contributed by atoms with Gasteiger partial charge in [0, 0.05) is 17.4 Å². The molecule has 7 nitrogen and oxygen atoms in total. The van der Waals surface area contributed by atoms with Gasteiger partial charge in [-0.25, -0.2) is 9.59 Å². The van der Waals surface area contributed by atoms with Crippen molar-refractivity contribution in [3.05, 3.63) is 60.2 Å². The average molecular weight is 409 g/mol. The highest BCUT2D eigenvalue weighted by Crippen LogP contribution is 2.31. The van der Waals surface area contributed by atoms with Gasteiger partial charge in [-0.2, -0.15) is 0 Å². The summed E-state index contributed by atoms with van der Waals surface area (Å²) in [6.07, 6.45) is 0.770. The number of carbonyl (C=O) groups is 3. The maximum atomic E-state index is 12.7. The average Bonchev–Trinajstić information content (AvgIpc) is 3.06. The molecule has 3 rings (SSSR count). The molecule has 30 heavy (non-hydrogen) atoms. The van der Waals surface area contributed by atoms with Crippen LogP contribution in [-0.4, -0.2) is 36.6 Å². The highest BCUT2D eigenvalue weighted by molar-refractivity contribution is 5.98. The molecule has 0 unspecified atom stereocenters. The van der Waals surface area contributed by atoms with Gasteiger partial charge in [0.15, 0.2) is 6.61 Å². The largest absolute Gasteiger partial charge is 0.454 e. The highest BCUT2D eigenvalue weighted by atomic mass is 16.5. The predicted molar refractivity (Wildman–Crippen MR) is 115 cm³/mol. The number of para-hydroxylation sites is 2. The molecule has 1 aliphatic rings. The van der Waals surface area contributed by atoms with Crippen molar-refractivity contribution in [1.29, 1.82) is 0 Å². The first-order chi connectivity index (χ1) is 14.4. The molecule has 0 aromatic heterocycles. The Labute approximate surface area is 176 Å². The lowest BCUT2D eigenvalue weighted by Crippen LogP contribution is -2.48. The molecule has 2 atom stereocenters. The first kappa shape index (κ1) is 21.4. The number of carbonyl (C=O) groups excluding carboxylic acids is 3. The van der Waals surface area contributed by atoms with Crippen LogP contribution >= 0.6 is 0 Å². The fourth-order valence-electron chi connectivity index (χ4n) is 3.57. The van der Waals surface area contributed by atoms with E-state index in [-0.39, 0.29) is 24.5 Å². The van der Waals surface area contributed by atoms with Gasteiger partial charge in [0.05, 0.1) is 0 Å². The number of anilines is 2. The van der Waals surface area contributed by atoms with E-state index in [0.717, 1.165) is 17.7 Å². The van der Waals surface area contributed by atoms with Crippen molar-refractivity contribution < 1.29 is 19.1 Å². The minimum atomic E-state index is -0.871. The molecule has 2 aromatic carbocycles. The zero-order chi connectivity index (χ0) is 21.7. The maximum Gasteiger partial charge on any atom is 0.329 e. The first-order valence-electron chi connectivity index (χ1n) is 10.1. The second-order valence-corrected chi connectivity index (χ2v) is 7.74. The summed E-state index contributed by atoms with van der Waals surface area (Å²) in [5, 5.41) is 5.31. The fraction of sp³-hybridized carbons (Fsp3) is 0.348. The van der Waals surface area contributed by atoms with Crippen molar-refractivity contribution in [1.82, 2.24) is 5.32 Å². The van der Waals surface area contributed by atoms with Gasteiger partial charge in [-0.3, -0.25) is 4.79 Å². The zero-order valence-electron chi connectivity index (χ0n) is 17.4. The molecule has 2 N–H and O–H groups in total. The van der Waals surface area contributed by atoms with E-state index in [4.69, 9.17) is 4.74 Å². The van der Waals surface area contributed by atoms with Crippen molar-refractivity contribution in [3.63, 3.8) is 0 Å². The van der Waals surface area contributed by atoms with Crippen molar-refractivity contribution in [2.24, 2.45) is 5.92 Å². The van der Waals surface area contributed by atoms with Crippen LogP contribution in [0.2, 0.25) is 0 Å². The summed E-state index contributed by atoms with van der Waals surface area (Å²) in [5.41, 5.74) is 2.57. The smallest absolute Gasteiger partial charge is 0.329 e. The van der Waals surface area contributed by atoms with E-state index in [2.05, 4.69) is 10.6 Å². The van der Waals surface area contributed by atoms with Crippen LogP contribution in [0.4, 0.5) is 16.2 Å². The van der Waals surface area contributed by atoms with E-state index >= 15 is 0 Å². The third-order valence-corrected chi connectivity index (χ3v) is 5.05. The molecular formula is C23H27N3O4. The lowest BCUT2D eigenvalue weighted by molar-refractivity contribution is -0.150. The normalized spacial score (nSPS) is 16.0. The van der Waals surface area contributed by atoms with E-state index in [1.165, 1.54) is 0 Å². The molecule has 0 radical (unpaired) electrons. The van der Waals surface area contributed by atoms with E-state index in [0.29, 0.717) is 5.69 Å². The summed E-state index contributed by atoms with van der Waals surface area (Å²) in [5.74, 6) is -1.13. The van der Waals surface area contributed by atoms with Crippen LogP contribution in [0.15, 0.2) is 54.6 Å². The summed E-state index contributed by atoms with van der Waals surface area (Å²) < 4.78 is 5.28. The molecule has 3 amide bonds. The summed E-state index contributed by atoms with van der Waals surface area (Å²) in [4.78, 5) is 39.2. The lowest BCUT2D eigenvalue weighted by atomic mass is 10.1. The number of fused-ring (bicyclic) bond motifs is 1. The predicted octanol–water partition coefficient (Wildman–Crippen LogP) is 3.35. The SMILES string of the molecule is CC(C)[C@@H](NC(=O)Nc1ccccc1)C(=O)OCC(=O)N1c2ccccc2C[C@H]1C. The molecule has 2 aromatic rings. The minimum absolute atomic E-state index is 0.00396. The van der Waals surface area contributed by atoms with Gasteiger partial charge in [0.1, 0.15) is 6.04 Å². The van der Waals surface area contributed by atoms with E-state index in [9.17, 15) is 14.4 Å². The Kier molecular flexibility index (Phi) is 6.72. The van der Waals surface area contributed by atoms with Crippen LogP contribution in [0, 0.1) is 5.92 Å². The number of nitrogens with zero attached hydrogens (tertiary/aromatic N) is 1. The number of hydrogen-bond acceptors (Lipinski definition) is 4. The van der Waals surface area contributed by atoms with Crippen LogP contribution in [0.3, 0.4) is 0 Å². The molecule has 0 saturated heterocycles. The van der Waals surface area contributed by atoms with Crippen LogP contribution in [0.5, 0.6) is 0 Å². The topological polar surface area (TPSA) is 87.7 Å². The molecule has 0 saturated carbocycles. The lowest BCUT2D eigenvalue weighted by Gasteiger charge is -2.24. The number of urea groups is 1. The van der Waals surface area contributed by atoms with Gasteiger partial charge in [-0.15, -0.1) is 0 Å². The molecule has 0 aliphatic carbocycles. The van der Waals surface area contributed by atoms with Gasteiger partial charge in [0.25, 0.3) is 5.91 Å². The van der Waals surface area contributed by atoms with Gasteiger partial charge in [-0.05, 0) is 43.0 Å². The van der Waals surface area contributed by atoms with Gasteiger partial charge >= 0.3 is 12.0 Å². The molecule has 7 heteroatoms. The number of amides is 3. The van der Waals surface area contributed by atoms with Crippen LogP contribution in [0.25, 0.3) is 0 Å².